The van der Waals surface area contributed by atoms with Crippen molar-refractivity contribution in [3.63, 3.8) is 0 Å². The number of H-pyrrole nitrogens is 2. The molecule has 0 unspecified atom stereocenters. The summed E-state index contributed by atoms with van der Waals surface area (Å²) >= 11 is 42.7. The lowest BCUT2D eigenvalue weighted by atomic mass is 10.1. The number of nitrogens with zero attached hydrogens (tertiary/aromatic N) is 14. The summed E-state index contributed by atoms with van der Waals surface area (Å²) in [5.41, 5.74) is 9.09. The lowest BCUT2D eigenvalue weighted by molar-refractivity contribution is 0.587. The number of fused-ring (bicyclic) bond motifs is 5. The molecule has 15 aromatic rings. The molecule has 0 bridgehead atoms. The first-order valence-electron chi connectivity index (χ1n) is 26.8. The molecular formula is C62H42Br2Cl6N16O4S2. The number of aromatic nitrogens is 16. The number of aromatic amines is 2. The van der Waals surface area contributed by atoms with E-state index < -0.39 is 20.0 Å². The van der Waals surface area contributed by atoms with Gasteiger partial charge >= 0.3 is 0 Å². The summed E-state index contributed by atoms with van der Waals surface area (Å²) in [4.78, 5) is 51.6. The van der Waals surface area contributed by atoms with Crippen LogP contribution in [0.25, 0.3) is 88.9 Å². The normalized spacial score (nSPS) is 11.4. The van der Waals surface area contributed by atoms with Gasteiger partial charge in [0.2, 0.25) is 15.9 Å². The minimum atomic E-state index is -3.86. The Morgan fingerprint density at radius 3 is 1.28 bits per heavy atom. The van der Waals surface area contributed by atoms with E-state index in [0.29, 0.717) is 48.2 Å². The highest BCUT2D eigenvalue weighted by Crippen LogP contribution is 2.37. The van der Waals surface area contributed by atoms with Gasteiger partial charge in [0.1, 0.15) is 16.9 Å². The molecule has 0 aliphatic rings. The molecule has 20 nitrogen and oxygen atoms in total. The zero-order chi connectivity index (χ0) is 65.0. The second kappa shape index (κ2) is 27.9. The molecular weight excluding hydrogens is 1470 g/mol. The summed E-state index contributed by atoms with van der Waals surface area (Å²) in [6, 6.07) is 32.0. The van der Waals surface area contributed by atoms with E-state index in [1.165, 1.54) is 41.2 Å². The first-order chi connectivity index (χ1) is 44.2. The van der Waals surface area contributed by atoms with E-state index in [1.807, 2.05) is 86.5 Å². The quantitative estimate of drug-likeness (QED) is 0.141. The smallest absolute Gasteiger partial charge is 0.269 e. The number of nitrogens with one attached hydrogen (secondary N) is 2. The number of benzene rings is 2. The van der Waals surface area contributed by atoms with Gasteiger partial charge in [-0.2, -0.15) is 0 Å². The summed E-state index contributed by atoms with van der Waals surface area (Å²) < 4.78 is 57.8. The summed E-state index contributed by atoms with van der Waals surface area (Å²) in [5.74, 6) is 0. The number of halogens is 8. The number of aryl methyl sites for hydroxylation is 3. The van der Waals surface area contributed by atoms with Crippen LogP contribution in [0.15, 0.2) is 208 Å². The Hall–Kier alpha value is -8.27. The predicted octanol–water partition coefficient (Wildman–Crippen LogP) is 16.7. The van der Waals surface area contributed by atoms with Gasteiger partial charge in [0.15, 0.2) is 11.3 Å². The fourth-order valence-electron chi connectivity index (χ4n) is 9.31. The van der Waals surface area contributed by atoms with Gasteiger partial charge in [0, 0.05) is 122 Å². The minimum absolute atomic E-state index is 0.0144. The summed E-state index contributed by atoms with van der Waals surface area (Å²) in [5, 5.41) is 5.96. The Morgan fingerprint density at radius 2 is 0.783 bits per heavy atom. The van der Waals surface area contributed by atoms with Crippen LogP contribution in [-0.4, -0.2) is 94.1 Å². The van der Waals surface area contributed by atoms with Gasteiger partial charge in [-0.1, -0.05) is 70.2 Å². The molecule has 13 heterocycles. The molecule has 0 saturated carbocycles. The first-order valence-corrected chi connectivity index (χ1v) is 33.6. The monoisotopic (exact) mass is 1510 g/mol. The van der Waals surface area contributed by atoms with E-state index in [2.05, 4.69) is 96.7 Å². The second-order valence-corrected chi connectivity index (χ2v) is 27.2. The van der Waals surface area contributed by atoms with Gasteiger partial charge in [0.05, 0.1) is 60.5 Å². The van der Waals surface area contributed by atoms with Gasteiger partial charge in [-0.05, 0) is 165 Å². The summed E-state index contributed by atoms with van der Waals surface area (Å²) in [7, 11) is -5.57. The van der Waals surface area contributed by atoms with Crippen LogP contribution in [0.3, 0.4) is 0 Å². The standard InChI is InChI=1S/C18H12Cl2N4O2S.C14H11BrN2O2S.C12H8Cl2N4.C11H6Cl2N4.C7H5BrN2/c1-11-4-6-12(7-5-11)27(25,26)24-10-14(13-3-2-8-21-17(13)24)16-15(19)9-22-18(20)23-16;1-10-4-6-11(7-5-10)20(18,19)17-9-13(15)12-3-2-8-16-14(12)17;1-18-6-8(7-3-2-4-15-11(7)18)10-9(13)5-16-12(14)17-10;12-8-5-16-11(13)17-9(8)7-4-15-10-6(7)2-1-3-14-10;8-6-4-10-7-5(6)2-1-3-9-7/h2-10H,1H3;2-9H,1H3;2-6H,1H3;1-5H,(H,14,15);1-4H,(H,9,10). The molecule has 0 amide bonds. The molecule has 0 spiro atoms. The van der Waals surface area contributed by atoms with E-state index in [0.717, 1.165) is 69.2 Å². The lowest BCUT2D eigenvalue weighted by Crippen LogP contribution is -2.12. The van der Waals surface area contributed by atoms with E-state index in [1.54, 1.807) is 91.5 Å². The maximum absolute atomic E-state index is 13.2. The van der Waals surface area contributed by atoms with Crippen molar-refractivity contribution in [3.05, 3.63) is 241 Å². The second-order valence-electron chi connectivity index (χ2n) is 19.7. The maximum Gasteiger partial charge on any atom is 0.269 e. The van der Waals surface area contributed by atoms with Gasteiger partial charge in [-0.3, -0.25) is 0 Å². The number of hydrogen-bond donors (Lipinski definition) is 2. The minimum Gasteiger partial charge on any atom is -0.345 e. The average molecular weight is 1510 g/mol. The molecule has 0 radical (unpaired) electrons. The zero-order valence-corrected chi connectivity index (χ0v) is 57.0. The van der Waals surface area contributed by atoms with Gasteiger partial charge in [-0.15, -0.1) is 0 Å². The molecule has 2 N–H and O–H groups in total. The third kappa shape index (κ3) is 13.9. The Morgan fingerprint density at radius 1 is 0.402 bits per heavy atom. The first kappa shape index (κ1) is 65.2. The largest absolute Gasteiger partial charge is 0.345 e. The topological polar surface area (TPSA) is 256 Å². The van der Waals surface area contributed by atoms with Crippen molar-refractivity contribution in [1.82, 2.24) is 77.3 Å². The lowest BCUT2D eigenvalue weighted by Gasteiger charge is -2.07. The van der Waals surface area contributed by atoms with Gasteiger partial charge < -0.3 is 14.5 Å². The summed E-state index contributed by atoms with van der Waals surface area (Å²) in [6.45, 7) is 3.81. The van der Waals surface area contributed by atoms with Crippen LogP contribution in [0.5, 0.6) is 0 Å². The Bertz CT molecular complexity index is 5460. The third-order valence-corrected chi connectivity index (χ3v) is 19.7. The third-order valence-electron chi connectivity index (χ3n) is 13.7. The van der Waals surface area contributed by atoms with Crippen molar-refractivity contribution in [2.75, 3.05) is 0 Å². The number of pyridine rings is 5. The van der Waals surface area contributed by atoms with Crippen molar-refractivity contribution < 1.29 is 16.8 Å². The molecule has 15 rings (SSSR count). The Kier molecular flexibility index (Phi) is 19.8. The molecule has 0 aliphatic carbocycles. The van der Waals surface area contributed by atoms with Gasteiger partial charge in [-0.25, -0.2) is 79.6 Å². The summed E-state index contributed by atoms with van der Waals surface area (Å²) in [6.07, 6.45) is 21.3. The molecule has 0 atom stereocenters. The van der Waals surface area contributed by atoms with Crippen LogP contribution < -0.4 is 0 Å². The predicted molar refractivity (Wildman–Crippen MR) is 368 cm³/mol. The van der Waals surface area contributed by atoms with Crippen molar-refractivity contribution in [2.24, 2.45) is 7.05 Å². The molecule has 0 fully saturated rings. The average Bonchev–Trinajstić information content (AvgIpc) is 1.61. The van der Waals surface area contributed by atoms with Crippen molar-refractivity contribution in [2.45, 2.75) is 23.6 Å². The van der Waals surface area contributed by atoms with Crippen molar-refractivity contribution in [1.29, 1.82) is 0 Å². The maximum atomic E-state index is 13.2. The number of rotatable bonds is 7. The molecule has 13 aromatic heterocycles. The molecule has 2 aromatic carbocycles. The number of hydrogen-bond acceptors (Lipinski definition) is 15. The Labute approximate surface area is 571 Å². The molecule has 30 heteroatoms. The highest BCUT2D eigenvalue weighted by Gasteiger charge is 2.25. The molecule has 0 saturated heterocycles. The fraction of sp³-hybridized carbons (Fsp3) is 0.0484. The van der Waals surface area contributed by atoms with Crippen molar-refractivity contribution in [3.8, 4) is 33.8 Å². The van der Waals surface area contributed by atoms with Crippen LogP contribution in [0, 0.1) is 13.8 Å². The van der Waals surface area contributed by atoms with E-state index in [4.69, 9.17) is 69.6 Å². The van der Waals surface area contributed by atoms with Crippen molar-refractivity contribution >= 4 is 177 Å². The van der Waals surface area contributed by atoms with E-state index in [9.17, 15) is 16.8 Å². The van der Waals surface area contributed by atoms with Crippen LogP contribution in [0.2, 0.25) is 30.9 Å². The van der Waals surface area contributed by atoms with Crippen LogP contribution in [0.1, 0.15) is 11.1 Å². The highest BCUT2D eigenvalue weighted by atomic mass is 79.9. The fourth-order valence-corrected chi connectivity index (χ4v) is 14.0. The molecule has 462 valence electrons. The Balaban J connectivity index is 0.000000121. The van der Waals surface area contributed by atoms with E-state index >= 15 is 0 Å². The molecule has 0 aliphatic heterocycles. The zero-order valence-electron chi connectivity index (χ0n) is 47.6. The van der Waals surface area contributed by atoms with E-state index in [-0.39, 0.29) is 36.3 Å². The molecule has 92 heavy (non-hydrogen) atoms. The SMILES string of the molecule is Brc1c[nH]c2ncccc12.Cc1ccc(S(=O)(=O)n2cc(-c3nc(Cl)ncc3Cl)c3cccnc32)cc1.Cc1ccc(S(=O)(=O)n2cc(Br)c3cccnc32)cc1.Clc1ncc(Cl)c(-c2c[nH]c3ncccc23)n1.Cn1cc(-c2nc(Cl)ncc2Cl)c2cccnc21. The highest BCUT2D eigenvalue weighted by molar-refractivity contribution is 9.11. The van der Waals surface area contributed by atoms with Gasteiger partial charge in [0.25, 0.3) is 20.0 Å². The van der Waals surface area contributed by atoms with Crippen LogP contribution in [-0.2, 0) is 27.1 Å². The van der Waals surface area contributed by atoms with Crippen LogP contribution >= 0.6 is 101 Å². The van der Waals surface area contributed by atoms with Crippen LogP contribution in [0.4, 0.5) is 0 Å².